The number of amides is 1. The van der Waals surface area contributed by atoms with Crippen molar-refractivity contribution in [3.8, 4) is 11.5 Å². The molecule has 1 amide bonds. The number of nitrogens with zero attached hydrogens (tertiary/aromatic N) is 3. The molecule has 3 rings (SSSR count). The fraction of sp³-hybridized carbons (Fsp3) is 0.333. The molecule has 0 aliphatic carbocycles. The average Bonchev–Trinajstić information content (AvgIpc) is 2.76. The zero-order chi connectivity index (χ0) is 22.0. The van der Waals surface area contributed by atoms with E-state index in [-0.39, 0.29) is 11.0 Å². The molecule has 0 unspecified atom stereocenters. The van der Waals surface area contributed by atoms with Gasteiger partial charge in [0.2, 0.25) is 0 Å². The number of carbonyl (C=O) groups excluding carboxylic acids is 1. The van der Waals surface area contributed by atoms with Crippen LogP contribution in [0.2, 0.25) is 0 Å². The summed E-state index contributed by atoms with van der Waals surface area (Å²) in [5, 5.41) is 3.04. The first-order valence-electron chi connectivity index (χ1n) is 9.44. The van der Waals surface area contributed by atoms with Gasteiger partial charge in [0.25, 0.3) is 11.5 Å². The number of hydrogen-bond donors (Lipinski definition) is 1. The summed E-state index contributed by atoms with van der Waals surface area (Å²) in [6, 6.07) is 4.82. The first kappa shape index (κ1) is 21.1. The second-order valence-corrected chi connectivity index (χ2v) is 6.87. The lowest BCUT2D eigenvalue weighted by Gasteiger charge is -2.16. The number of nitrogens with one attached hydrogen (secondary N) is 1. The topological polar surface area (TPSA) is 104 Å². The van der Waals surface area contributed by atoms with Crippen LogP contribution in [0.25, 0.3) is 11.0 Å². The van der Waals surface area contributed by atoms with E-state index in [4.69, 9.17) is 9.47 Å². The van der Waals surface area contributed by atoms with E-state index in [2.05, 4.69) is 10.3 Å². The third-order valence-electron chi connectivity index (χ3n) is 4.92. The van der Waals surface area contributed by atoms with Crippen LogP contribution < -0.4 is 26.0 Å². The van der Waals surface area contributed by atoms with Crippen molar-refractivity contribution in [1.82, 2.24) is 14.1 Å². The molecular weight excluding hydrogens is 388 g/mol. The summed E-state index contributed by atoms with van der Waals surface area (Å²) >= 11 is 0. The van der Waals surface area contributed by atoms with Gasteiger partial charge in [-0.2, -0.15) is 0 Å². The molecule has 0 bridgehead atoms. The first-order valence-corrected chi connectivity index (χ1v) is 9.44. The Bertz CT molecular complexity index is 1220. The highest BCUT2D eigenvalue weighted by Crippen LogP contribution is 2.27. The Morgan fingerprint density at radius 3 is 2.27 bits per heavy atom. The highest BCUT2D eigenvalue weighted by Gasteiger charge is 2.20. The van der Waals surface area contributed by atoms with Crippen molar-refractivity contribution < 1.29 is 14.3 Å². The molecule has 0 aliphatic rings. The maximum absolute atomic E-state index is 13.1. The van der Waals surface area contributed by atoms with Gasteiger partial charge in [0.05, 0.1) is 19.9 Å². The number of carbonyl (C=O) groups is 1. The fourth-order valence-corrected chi connectivity index (χ4v) is 3.29. The summed E-state index contributed by atoms with van der Waals surface area (Å²) < 4.78 is 12.8. The summed E-state index contributed by atoms with van der Waals surface area (Å²) in [5.74, 6) is 0.491. The zero-order valence-corrected chi connectivity index (χ0v) is 17.6. The molecule has 0 fully saturated rings. The minimum Gasteiger partial charge on any atom is -0.497 e. The van der Waals surface area contributed by atoms with Gasteiger partial charge in [0, 0.05) is 31.9 Å². The normalized spacial score (nSPS) is 10.8. The number of benzene rings is 1. The maximum atomic E-state index is 13.1. The highest BCUT2D eigenvalue weighted by molar-refractivity contribution is 6.09. The Labute approximate surface area is 172 Å². The Kier molecular flexibility index (Phi) is 5.91. The largest absolute Gasteiger partial charge is 0.497 e. The van der Waals surface area contributed by atoms with E-state index in [0.717, 1.165) is 11.0 Å². The number of pyridine rings is 1. The number of fused-ring (bicyclic) bond motifs is 1. The molecule has 9 nitrogen and oxygen atoms in total. The molecule has 3 aromatic rings. The predicted octanol–water partition coefficient (Wildman–Crippen LogP) is 1.85. The van der Waals surface area contributed by atoms with Crippen LogP contribution in [0.15, 0.2) is 34.0 Å². The molecule has 0 saturated carbocycles. The van der Waals surface area contributed by atoms with Gasteiger partial charge >= 0.3 is 5.69 Å². The van der Waals surface area contributed by atoms with E-state index in [0.29, 0.717) is 34.7 Å². The quantitative estimate of drug-likeness (QED) is 0.663. The van der Waals surface area contributed by atoms with E-state index >= 15 is 0 Å². The fourth-order valence-electron chi connectivity index (χ4n) is 3.29. The summed E-state index contributed by atoms with van der Waals surface area (Å²) in [6.45, 7) is 1.99. The molecule has 1 N–H and O–H groups in total. The lowest BCUT2D eigenvalue weighted by Crippen LogP contribution is -2.38. The van der Waals surface area contributed by atoms with E-state index in [1.165, 1.54) is 32.9 Å². The molecule has 0 saturated heterocycles. The van der Waals surface area contributed by atoms with Gasteiger partial charge in [-0.3, -0.25) is 18.7 Å². The molecule has 2 aromatic heterocycles. The smallest absolute Gasteiger partial charge is 0.332 e. The van der Waals surface area contributed by atoms with Crippen LogP contribution in [0.5, 0.6) is 11.5 Å². The minimum atomic E-state index is -0.517. The molecule has 0 radical (unpaired) electrons. The van der Waals surface area contributed by atoms with E-state index in [1.54, 1.807) is 24.4 Å². The van der Waals surface area contributed by atoms with Crippen LogP contribution in [0, 0.1) is 0 Å². The first-order chi connectivity index (χ1) is 14.3. The van der Waals surface area contributed by atoms with E-state index in [9.17, 15) is 14.4 Å². The molecule has 0 atom stereocenters. The van der Waals surface area contributed by atoms with Gasteiger partial charge in [-0.1, -0.05) is 13.3 Å². The van der Waals surface area contributed by atoms with Crippen molar-refractivity contribution in [2.24, 2.45) is 14.1 Å². The molecule has 0 spiro atoms. The number of aryl methyl sites for hydroxylation is 2. The third-order valence-corrected chi connectivity index (χ3v) is 4.92. The molecule has 9 heteroatoms. The van der Waals surface area contributed by atoms with Gasteiger partial charge in [-0.15, -0.1) is 0 Å². The van der Waals surface area contributed by atoms with Crippen LogP contribution in [-0.2, 0) is 20.5 Å². The number of ether oxygens (including phenoxy) is 2. The number of anilines is 1. The van der Waals surface area contributed by atoms with Crippen molar-refractivity contribution in [2.75, 3.05) is 19.5 Å². The van der Waals surface area contributed by atoms with Crippen molar-refractivity contribution in [1.29, 1.82) is 0 Å². The molecule has 0 aliphatic heterocycles. The molecule has 1 aromatic carbocycles. The predicted molar refractivity (Wildman–Crippen MR) is 114 cm³/mol. The van der Waals surface area contributed by atoms with Gasteiger partial charge in [0.15, 0.2) is 5.65 Å². The number of hydrogen-bond acceptors (Lipinski definition) is 6. The zero-order valence-electron chi connectivity index (χ0n) is 17.6. The standard InChI is InChI=1S/C21H24N4O5/c1-6-7-12-11-22-18-16(20(27)25(3)21(28)24(18)2)17(12)23-19(26)13-8-14(29-4)10-15(9-13)30-5/h8-11H,6-7H2,1-5H3,(H,22,23,26). The lowest BCUT2D eigenvalue weighted by molar-refractivity contribution is 0.102. The van der Waals surface area contributed by atoms with Gasteiger partial charge in [0.1, 0.15) is 16.9 Å². The summed E-state index contributed by atoms with van der Waals surface area (Å²) in [5.41, 5.74) is 0.575. The molecule has 2 heterocycles. The molecule has 158 valence electrons. The minimum absolute atomic E-state index is 0.189. The Hall–Kier alpha value is -3.62. The van der Waals surface area contributed by atoms with Crippen LogP contribution in [0.4, 0.5) is 5.69 Å². The maximum Gasteiger partial charge on any atom is 0.332 e. The van der Waals surface area contributed by atoms with Crippen LogP contribution in [0.1, 0.15) is 29.3 Å². The van der Waals surface area contributed by atoms with Gasteiger partial charge in [-0.25, -0.2) is 9.78 Å². The Morgan fingerprint density at radius 2 is 1.70 bits per heavy atom. The third kappa shape index (κ3) is 3.66. The Morgan fingerprint density at radius 1 is 1.07 bits per heavy atom. The summed E-state index contributed by atoms with van der Waals surface area (Å²) in [6.07, 6.45) is 2.98. The van der Waals surface area contributed by atoms with Gasteiger partial charge < -0.3 is 14.8 Å². The van der Waals surface area contributed by atoms with Crippen LogP contribution >= 0.6 is 0 Å². The van der Waals surface area contributed by atoms with Crippen LogP contribution in [-0.4, -0.2) is 34.2 Å². The second-order valence-electron chi connectivity index (χ2n) is 6.87. The Balaban J connectivity index is 2.22. The summed E-state index contributed by atoms with van der Waals surface area (Å²) in [7, 11) is 5.93. The van der Waals surface area contributed by atoms with Crippen LogP contribution in [0.3, 0.4) is 0 Å². The van der Waals surface area contributed by atoms with E-state index < -0.39 is 17.2 Å². The SMILES string of the molecule is CCCc1cnc2c(c1NC(=O)c1cc(OC)cc(OC)c1)c(=O)n(C)c(=O)n2C. The monoisotopic (exact) mass is 412 g/mol. The van der Waals surface area contributed by atoms with Gasteiger partial charge in [-0.05, 0) is 24.1 Å². The van der Waals surface area contributed by atoms with Crippen molar-refractivity contribution >= 4 is 22.6 Å². The lowest BCUT2D eigenvalue weighted by atomic mass is 10.1. The number of methoxy groups -OCH3 is 2. The second kappa shape index (κ2) is 8.40. The van der Waals surface area contributed by atoms with Crippen molar-refractivity contribution in [2.45, 2.75) is 19.8 Å². The van der Waals surface area contributed by atoms with Crippen molar-refractivity contribution in [3.05, 3.63) is 56.4 Å². The highest BCUT2D eigenvalue weighted by atomic mass is 16.5. The average molecular weight is 412 g/mol. The van der Waals surface area contributed by atoms with E-state index in [1.807, 2.05) is 6.92 Å². The number of aromatic nitrogens is 3. The number of rotatable bonds is 6. The molecule has 30 heavy (non-hydrogen) atoms. The summed E-state index contributed by atoms with van der Waals surface area (Å²) in [4.78, 5) is 42.6. The molecular formula is C21H24N4O5. The van der Waals surface area contributed by atoms with Crippen molar-refractivity contribution in [3.63, 3.8) is 0 Å².